The van der Waals surface area contributed by atoms with E-state index in [1.165, 1.54) is 5.56 Å². The number of hydrogen-bond donors (Lipinski definition) is 3. The van der Waals surface area contributed by atoms with E-state index in [0.29, 0.717) is 41.3 Å². The minimum atomic E-state index is -0.365. The van der Waals surface area contributed by atoms with Crippen molar-refractivity contribution in [3.63, 3.8) is 0 Å². The van der Waals surface area contributed by atoms with E-state index < -0.39 is 0 Å². The lowest BCUT2D eigenvalue weighted by molar-refractivity contribution is -0.138. The van der Waals surface area contributed by atoms with E-state index in [1.54, 1.807) is 6.20 Å². The SMILES string of the molecule is O=C1CCC(Nc2ccc(C3CCN(CCN4CCN(C(=O)[C@H]5CCC[C@@H](Nc6ncc(Cl)c(-c7cccc(-c8ccccc8)c7)n6)C5)CC4)CC3)cc2)C(=O)N1. The van der Waals surface area contributed by atoms with Crippen molar-refractivity contribution in [3.8, 4) is 22.4 Å². The first-order chi connectivity index (χ1) is 27.8. The van der Waals surface area contributed by atoms with Crippen molar-refractivity contribution < 1.29 is 14.4 Å². The van der Waals surface area contributed by atoms with E-state index in [2.05, 4.69) is 84.2 Å². The Kier molecular flexibility index (Phi) is 12.4. The van der Waals surface area contributed by atoms with Crippen molar-refractivity contribution in [2.45, 2.75) is 69.4 Å². The molecule has 3 aromatic carbocycles. The second-order valence-corrected chi connectivity index (χ2v) is 16.5. The Labute approximate surface area is 340 Å². The van der Waals surface area contributed by atoms with Crippen LogP contribution in [0.1, 0.15) is 62.8 Å². The molecule has 12 heteroatoms. The van der Waals surface area contributed by atoms with Crippen molar-refractivity contribution >= 4 is 41.0 Å². The van der Waals surface area contributed by atoms with E-state index in [-0.39, 0.29) is 29.8 Å². The number of anilines is 2. The number of aromatic nitrogens is 2. The van der Waals surface area contributed by atoms with Crippen LogP contribution in [0.4, 0.5) is 11.6 Å². The van der Waals surface area contributed by atoms with Crippen molar-refractivity contribution in [1.29, 1.82) is 0 Å². The zero-order valence-electron chi connectivity index (χ0n) is 32.5. The maximum Gasteiger partial charge on any atom is 0.249 e. The summed E-state index contributed by atoms with van der Waals surface area (Å²) in [7, 11) is 0. The molecule has 1 unspecified atom stereocenters. The van der Waals surface area contributed by atoms with E-state index in [0.717, 1.165) is 113 Å². The second-order valence-electron chi connectivity index (χ2n) is 16.1. The summed E-state index contributed by atoms with van der Waals surface area (Å²) in [6, 6.07) is 26.8. The number of piperidine rings is 2. The second kappa shape index (κ2) is 18.2. The number of imide groups is 1. The molecule has 11 nitrogen and oxygen atoms in total. The van der Waals surface area contributed by atoms with Crippen molar-refractivity contribution in [1.82, 2.24) is 30.0 Å². The average Bonchev–Trinajstić information content (AvgIpc) is 3.25. The molecule has 3 atom stereocenters. The highest BCUT2D eigenvalue weighted by Gasteiger charge is 2.33. The zero-order chi connectivity index (χ0) is 39.1. The van der Waals surface area contributed by atoms with Crippen molar-refractivity contribution in [3.05, 3.63) is 95.6 Å². The van der Waals surface area contributed by atoms with Gasteiger partial charge in [-0.3, -0.25) is 24.6 Å². The molecule has 3 saturated heterocycles. The zero-order valence-corrected chi connectivity index (χ0v) is 33.3. The largest absolute Gasteiger partial charge is 0.374 e. The van der Waals surface area contributed by atoms with Gasteiger partial charge in [0.2, 0.25) is 23.7 Å². The van der Waals surface area contributed by atoms with Gasteiger partial charge in [-0.05, 0) is 92.4 Å². The summed E-state index contributed by atoms with van der Waals surface area (Å²) in [6.07, 6.45) is 8.51. The molecule has 4 heterocycles. The van der Waals surface area contributed by atoms with Crippen LogP contribution in [0.2, 0.25) is 5.02 Å². The van der Waals surface area contributed by atoms with E-state index in [1.807, 2.05) is 30.3 Å². The smallest absolute Gasteiger partial charge is 0.249 e. The predicted molar refractivity (Wildman–Crippen MR) is 225 cm³/mol. The number of nitrogens with zero attached hydrogens (tertiary/aromatic N) is 5. The molecule has 4 aromatic rings. The van der Waals surface area contributed by atoms with Gasteiger partial charge in [-0.2, -0.15) is 0 Å². The molecule has 298 valence electrons. The summed E-state index contributed by atoms with van der Waals surface area (Å²) in [5.74, 6) is 0.939. The molecule has 57 heavy (non-hydrogen) atoms. The minimum absolute atomic E-state index is 0.0104. The number of carbonyl (C=O) groups is 3. The third-order valence-electron chi connectivity index (χ3n) is 12.3. The number of amides is 3. The fourth-order valence-electron chi connectivity index (χ4n) is 8.95. The Bertz CT molecular complexity index is 2010. The van der Waals surface area contributed by atoms with E-state index in [9.17, 15) is 14.4 Å². The molecular weight excluding hydrogens is 736 g/mol. The first-order valence-corrected chi connectivity index (χ1v) is 21.1. The topological polar surface area (TPSA) is 123 Å². The highest BCUT2D eigenvalue weighted by Crippen LogP contribution is 2.33. The van der Waals surface area contributed by atoms with Crippen LogP contribution in [0.15, 0.2) is 85.1 Å². The first kappa shape index (κ1) is 39.0. The minimum Gasteiger partial charge on any atom is -0.374 e. The Hall–Kier alpha value is -4.84. The summed E-state index contributed by atoms with van der Waals surface area (Å²) >= 11 is 6.63. The number of piperazine rings is 1. The summed E-state index contributed by atoms with van der Waals surface area (Å²) in [6.45, 7) is 7.66. The van der Waals surface area contributed by atoms with E-state index >= 15 is 0 Å². The lowest BCUT2D eigenvalue weighted by Gasteiger charge is -2.39. The number of rotatable bonds is 11. The maximum atomic E-state index is 13.8. The number of likely N-dealkylation sites (tertiary alicyclic amines) is 1. The van der Waals surface area contributed by atoms with Gasteiger partial charge >= 0.3 is 0 Å². The summed E-state index contributed by atoms with van der Waals surface area (Å²) in [5.41, 5.74) is 6.13. The van der Waals surface area contributed by atoms with Crippen LogP contribution in [0.5, 0.6) is 0 Å². The van der Waals surface area contributed by atoms with Crippen LogP contribution in [0, 0.1) is 5.92 Å². The molecule has 3 aliphatic heterocycles. The standard InChI is InChI=1S/C45H53ClN8O3/c46-39-30-47-45(51-42(39)35-9-4-8-34(28-35)31-6-2-1-3-7-31)49-38-11-5-10-36(29-38)44(57)54-26-24-53(25-27-54)23-22-52-20-18-33(19-21-52)32-12-14-37(15-13-32)48-40-16-17-41(55)50-43(40)56/h1-4,6-9,12-15,28,30,33,36,38,40,48H,5,10-11,16-27,29H2,(H,47,49,51)(H,50,55,56)/t36-,38+,40?/m0/s1. The normalized spacial score (nSPS) is 22.5. The summed E-state index contributed by atoms with van der Waals surface area (Å²) < 4.78 is 0. The monoisotopic (exact) mass is 788 g/mol. The maximum absolute atomic E-state index is 13.8. The molecule has 0 radical (unpaired) electrons. The van der Waals surface area contributed by atoms with Crippen molar-refractivity contribution in [2.75, 3.05) is 63.0 Å². The Morgan fingerprint density at radius 3 is 2.25 bits per heavy atom. The molecule has 4 aliphatic rings. The number of hydrogen-bond acceptors (Lipinski definition) is 9. The molecule has 1 saturated carbocycles. The van der Waals surface area contributed by atoms with Crippen LogP contribution in [0.3, 0.4) is 0 Å². The van der Waals surface area contributed by atoms with Crippen LogP contribution in [0.25, 0.3) is 22.4 Å². The fourth-order valence-corrected chi connectivity index (χ4v) is 9.15. The third kappa shape index (κ3) is 9.83. The van der Waals surface area contributed by atoms with Crippen molar-refractivity contribution in [2.24, 2.45) is 5.92 Å². The predicted octanol–water partition coefficient (Wildman–Crippen LogP) is 6.68. The van der Waals surface area contributed by atoms with Crippen LogP contribution in [-0.4, -0.2) is 107 Å². The molecule has 3 amide bonds. The molecule has 8 rings (SSSR count). The van der Waals surface area contributed by atoms with Gasteiger partial charge in [-0.1, -0.05) is 78.7 Å². The molecule has 0 spiro atoms. The molecular formula is C45H53ClN8O3. The van der Waals surface area contributed by atoms with Crippen LogP contribution >= 0.6 is 11.6 Å². The molecule has 4 fully saturated rings. The van der Waals surface area contributed by atoms with Gasteiger partial charge in [0, 0.05) is 68.9 Å². The molecule has 1 aliphatic carbocycles. The third-order valence-corrected chi connectivity index (χ3v) is 12.6. The molecule has 3 N–H and O–H groups in total. The van der Waals surface area contributed by atoms with Crippen LogP contribution in [-0.2, 0) is 14.4 Å². The molecule has 0 bridgehead atoms. The highest BCUT2D eigenvalue weighted by atomic mass is 35.5. The van der Waals surface area contributed by atoms with Gasteiger partial charge < -0.3 is 20.4 Å². The Balaban J connectivity index is 0.758. The quantitative estimate of drug-likeness (QED) is 0.143. The molecule has 1 aromatic heterocycles. The average molecular weight is 789 g/mol. The summed E-state index contributed by atoms with van der Waals surface area (Å²) in [5, 5.41) is 9.74. The number of halogens is 1. The fraction of sp³-hybridized carbons (Fsp3) is 0.444. The lowest BCUT2D eigenvalue weighted by atomic mass is 9.84. The number of nitrogens with one attached hydrogen (secondary N) is 3. The van der Waals surface area contributed by atoms with Gasteiger partial charge in [0.15, 0.2) is 0 Å². The van der Waals surface area contributed by atoms with Gasteiger partial charge in [0.25, 0.3) is 0 Å². The van der Waals surface area contributed by atoms with Gasteiger partial charge in [0.05, 0.1) is 16.9 Å². The Morgan fingerprint density at radius 2 is 1.49 bits per heavy atom. The first-order valence-electron chi connectivity index (χ1n) is 20.7. The number of benzene rings is 3. The van der Waals surface area contributed by atoms with Gasteiger partial charge in [0.1, 0.15) is 6.04 Å². The van der Waals surface area contributed by atoms with Crippen LogP contribution < -0.4 is 16.0 Å². The summed E-state index contributed by atoms with van der Waals surface area (Å²) in [4.78, 5) is 53.9. The lowest BCUT2D eigenvalue weighted by Crippen LogP contribution is -2.52. The van der Waals surface area contributed by atoms with E-state index in [4.69, 9.17) is 16.6 Å². The number of carbonyl (C=O) groups excluding carboxylic acids is 3. The van der Waals surface area contributed by atoms with Gasteiger partial charge in [-0.25, -0.2) is 9.97 Å². The van der Waals surface area contributed by atoms with Gasteiger partial charge in [-0.15, -0.1) is 0 Å². The highest BCUT2D eigenvalue weighted by molar-refractivity contribution is 6.32. The Morgan fingerprint density at radius 1 is 0.772 bits per heavy atom.